The highest BCUT2D eigenvalue weighted by molar-refractivity contribution is 4.95. The fourth-order valence-corrected chi connectivity index (χ4v) is 2.17. The summed E-state index contributed by atoms with van der Waals surface area (Å²) in [6.45, 7) is 4.62. The standard InChI is InChI=1S/C12H22O6/c1-3-4-12(2,17)5-7-9(14)11(16)10(15)8(6-13)18-7/h3,7-11,13-17H,1,4-6H2,2H3/t7-,8?,9?,10-,11+,12?/m0/s1. The van der Waals surface area contributed by atoms with Crippen molar-refractivity contribution in [1.82, 2.24) is 0 Å². The molecule has 1 rings (SSSR count). The molecule has 6 heteroatoms. The molecule has 0 saturated carbocycles. The van der Waals surface area contributed by atoms with Crippen LogP contribution in [0.15, 0.2) is 12.7 Å². The highest BCUT2D eigenvalue weighted by Crippen LogP contribution is 2.28. The van der Waals surface area contributed by atoms with E-state index in [2.05, 4.69) is 6.58 Å². The van der Waals surface area contributed by atoms with Crippen molar-refractivity contribution >= 4 is 0 Å². The van der Waals surface area contributed by atoms with E-state index in [1.165, 1.54) is 0 Å². The van der Waals surface area contributed by atoms with Gasteiger partial charge in [-0.3, -0.25) is 0 Å². The lowest BCUT2D eigenvalue weighted by atomic mass is 9.87. The molecule has 0 spiro atoms. The van der Waals surface area contributed by atoms with E-state index < -0.39 is 42.7 Å². The van der Waals surface area contributed by atoms with Gasteiger partial charge in [0.05, 0.1) is 18.3 Å². The summed E-state index contributed by atoms with van der Waals surface area (Å²) in [4.78, 5) is 0. The molecular weight excluding hydrogens is 240 g/mol. The molecule has 1 fully saturated rings. The summed E-state index contributed by atoms with van der Waals surface area (Å²) in [5.41, 5.74) is -1.13. The molecule has 0 aromatic carbocycles. The Morgan fingerprint density at radius 2 is 1.72 bits per heavy atom. The zero-order valence-electron chi connectivity index (χ0n) is 10.4. The molecule has 0 aliphatic carbocycles. The van der Waals surface area contributed by atoms with E-state index >= 15 is 0 Å². The highest BCUT2D eigenvalue weighted by atomic mass is 16.5. The summed E-state index contributed by atoms with van der Waals surface area (Å²) in [7, 11) is 0. The predicted molar refractivity (Wildman–Crippen MR) is 63.8 cm³/mol. The van der Waals surface area contributed by atoms with Crippen molar-refractivity contribution in [2.45, 2.75) is 55.9 Å². The van der Waals surface area contributed by atoms with Gasteiger partial charge < -0.3 is 30.3 Å². The first-order valence-corrected chi connectivity index (χ1v) is 5.96. The maximum Gasteiger partial charge on any atom is 0.111 e. The number of rotatable bonds is 5. The van der Waals surface area contributed by atoms with Crippen LogP contribution in [0.4, 0.5) is 0 Å². The van der Waals surface area contributed by atoms with Gasteiger partial charge in [-0.15, -0.1) is 6.58 Å². The van der Waals surface area contributed by atoms with E-state index in [0.717, 1.165) is 0 Å². The largest absolute Gasteiger partial charge is 0.394 e. The number of ether oxygens (including phenoxy) is 1. The molecule has 0 aromatic rings. The molecule has 106 valence electrons. The van der Waals surface area contributed by atoms with Crippen molar-refractivity contribution in [1.29, 1.82) is 0 Å². The Bertz CT molecular complexity index is 278. The van der Waals surface area contributed by atoms with Crippen LogP contribution in [0.2, 0.25) is 0 Å². The maximum atomic E-state index is 10.0. The minimum atomic E-state index is -1.40. The molecule has 3 unspecified atom stereocenters. The molecule has 18 heavy (non-hydrogen) atoms. The van der Waals surface area contributed by atoms with E-state index in [4.69, 9.17) is 9.84 Å². The Morgan fingerprint density at radius 1 is 1.17 bits per heavy atom. The van der Waals surface area contributed by atoms with Crippen molar-refractivity contribution in [2.75, 3.05) is 6.61 Å². The first kappa shape index (κ1) is 15.6. The normalized spacial score (nSPS) is 40.2. The Morgan fingerprint density at radius 3 is 2.22 bits per heavy atom. The van der Waals surface area contributed by atoms with Crippen LogP contribution in [0.5, 0.6) is 0 Å². The second-order valence-corrected chi connectivity index (χ2v) is 5.06. The van der Waals surface area contributed by atoms with E-state index in [9.17, 15) is 20.4 Å². The number of hydrogen-bond acceptors (Lipinski definition) is 6. The van der Waals surface area contributed by atoms with Crippen LogP contribution in [0, 0.1) is 0 Å². The summed E-state index contributed by atoms with van der Waals surface area (Å²) in [6, 6.07) is 0. The molecule has 1 aliphatic rings. The van der Waals surface area contributed by atoms with Crippen LogP contribution in [0.25, 0.3) is 0 Å². The number of aliphatic hydroxyl groups excluding tert-OH is 4. The van der Waals surface area contributed by atoms with Gasteiger partial charge in [-0.1, -0.05) is 6.08 Å². The average Bonchev–Trinajstić information content (AvgIpc) is 2.29. The van der Waals surface area contributed by atoms with Gasteiger partial charge in [0.25, 0.3) is 0 Å². The molecule has 0 aromatic heterocycles. The zero-order chi connectivity index (χ0) is 13.9. The van der Waals surface area contributed by atoms with Gasteiger partial charge in [0.2, 0.25) is 0 Å². The van der Waals surface area contributed by atoms with Crippen molar-refractivity contribution in [3.05, 3.63) is 12.7 Å². The fourth-order valence-electron chi connectivity index (χ4n) is 2.17. The first-order valence-electron chi connectivity index (χ1n) is 5.96. The minimum Gasteiger partial charge on any atom is -0.394 e. The lowest BCUT2D eigenvalue weighted by Crippen LogP contribution is -2.59. The van der Waals surface area contributed by atoms with Gasteiger partial charge in [-0.05, 0) is 13.3 Å². The van der Waals surface area contributed by atoms with E-state index in [1.54, 1.807) is 13.0 Å². The molecule has 5 N–H and O–H groups in total. The molecule has 1 heterocycles. The number of aliphatic hydroxyl groups is 5. The molecule has 0 radical (unpaired) electrons. The summed E-state index contributed by atoms with van der Waals surface area (Å²) in [6.07, 6.45) is -3.94. The van der Waals surface area contributed by atoms with Crippen molar-refractivity contribution < 1.29 is 30.3 Å². The lowest BCUT2D eigenvalue weighted by molar-refractivity contribution is -0.238. The predicted octanol–water partition coefficient (Wildman–Crippen LogP) is -1.45. The highest BCUT2D eigenvalue weighted by Gasteiger charge is 2.45. The molecule has 6 nitrogen and oxygen atoms in total. The third kappa shape index (κ3) is 3.50. The van der Waals surface area contributed by atoms with Gasteiger partial charge in [-0.2, -0.15) is 0 Å². The molecule has 1 saturated heterocycles. The van der Waals surface area contributed by atoms with Gasteiger partial charge in [0.15, 0.2) is 0 Å². The quantitative estimate of drug-likeness (QED) is 0.388. The molecule has 0 amide bonds. The molecule has 1 aliphatic heterocycles. The van der Waals surface area contributed by atoms with Gasteiger partial charge in [0, 0.05) is 6.42 Å². The third-order valence-electron chi connectivity index (χ3n) is 3.22. The smallest absolute Gasteiger partial charge is 0.111 e. The summed E-state index contributed by atoms with van der Waals surface area (Å²) in [5, 5.41) is 48.1. The van der Waals surface area contributed by atoms with E-state index in [0.29, 0.717) is 6.42 Å². The minimum absolute atomic E-state index is 0.0699. The van der Waals surface area contributed by atoms with Crippen LogP contribution in [-0.4, -0.2) is 68.3 Å². The summed E-state index contributed by atoms with van der Waals surface area (Å²) >= 11 is 0. The Labute approximate surface area is 106 Å². The van der Waals surface area contributed by atoms with Gasteiger partial charge in [-0.25, -0.2) is 0 Å². The molecule has 6 atom stereocenters. The Balaban J connectivity index is 2.73. The lowest BCUT2D eigenvalue weighted by Gasteiger charge is -2.42. The third-order valence-corrected chi connectivity index (χ3v) is 3.22. The molecule has 0 bridgehead atoms. The van der Waals surface area contributed by atoms with E-state index in [-0.39, 0.29) is 6.42 Å². The average molecular weight is 262 g/mol. The SMILES string of the molecule is C=CCC(C)(O)C[C@@H]1OC(CO)[C@H](O)[C@H](O)C1O. The van der Waals surface area contributed by atoms with Crippen LogP contribution >= 0.6 is 0 Å². The van der Waals surface area contributed by atoms with E-state index in [1.807, 2.05) is 0 Å². The number of hydrogen-bond donors (Lipinski definition) is 5. The second kappa shape index (κ2) is 6.10. The summed E-state index contributed by atoms with van der Waals surface area (Å²) in [5.74, 6) is 0. The topological polar surface area (TPSA) is 110 Å². The van der Waals surface area contributed by atoms with Crippen LogP contribution < -0.4 is 0 Å². The summed E-state index contributed by atoms with van der Waals surface area (Å²) < 4.78 is 5.31. The van der Waals surface area contributed by atoms with Gasteiger partial charge >= 0.3 is 0 Å². The van der Waals surface area contributed by atoms with Gasteiger partial charge in [0.1, 0.15) is 24.4 Å². The molecular formula is C12H22O6. The Hall–Kier alpha value is -0.500. The van der Waals surface area contributed by atoms with Crippen LogP contribution in [0.3, 0.4) is 0 Å². The van der Waals surface area contributed by atoms with Crippen molar-refractivity contribution in [3.63, 3.8) is 0 Å². The second-order valence-electron chi connectivity index (χ2n) is 5.06. The monoisotopic (exact) mass is 262 g/mol. The Kier molecular flexibility index (Phi) is 5.27. The van der Waals surface area contributed by atoms with Crippen LogP contribution in [-0.2, 0) is 4.74 Å². The maximum absolute atomic E-state index is 10.0. The first-order chi connectivity index (χ1) is 8.32. The van der Waals surface area contributed by atoms with Crippen LogP contribution in [0.1, 0.15) is 19.8 Å². The fraction of sp³-hybridized carbons (Fsp3) is 0.833. The van der Waals surface area contributed by atoms with Crippen molar-refractivity contribution in [2.24, 2.45) is 0 Å². The zero-order valence-corrected chi connectivity index (χ0v) is 10.4. The van der Waals surface area contributed by atoms with Crippen molar-refractivity contribution in [3.8, 4) is 0 Å².